The smallest absolute Gasteiger partial charge is 0.317 e. The third kappa shape index (κ3) is 6.40. The second-order valence-electron chi connectivity index (χ2n) is 7.21. The minimum Gasteiger partial charge on any atom is -0.508 e. The van der Waals surface area contributed by atoms with Crippen molar-refractivity contribution < 1.29 is 19.8 Å². The maximum absolute atomic E-state index is 12.6. The number of phenols is 1. The molecular weight excluding hydrogens is 394 g/mol. The summed E-state index contributed by atoms with van der Waals surface area (Å²) in [5.41, 5.74) is 9.20. The molecule has 3 aromatic carbocycles. The third-order valence-corrected chi connectivity index (χ3v) is 4.81. The Morgan fingerprint density at radius 3 is 2.26 bits per heavy atom. The number of amides is 1. The zero-order valence-corrected chi connectivity index (χ0v) is 16.9. The molecule has 0 saturated carbocycles. The highest BCUT2D eigenvalue weighted by Gasteiger charge is 2.17. The van der Waals surface area contributed by atoms with E-state index >= 15 is 0 Å². The fourth-order valence-electron chi connectivity index (χ4n) is 3.27. The number of aliphatic carboxylic acids is 1. The van der Waals surface area contributed by atoms with E-state index in [0.29, 0.717) is 12.1 Å². The molecule has 7 nitrogen and oxygen atoms in total. The minimum absolute atomic E-state index is 0.156. The van der Waals surface area contributed by atoms with Gasteiger partial charge < -0.3 is 21.3 Å². The highest BCUT2D eigenvalue weighted by atomic mass is 16.4. The topological polar surface area (TPSA) is 125 Å². The van der Waals surface area contributed by atoms with E-state index in [-0.39, 0.29) is 24.2 Å². The molecule has 0 aromatic heterocycles. The molecule has 1 unspecified atom stereocenters. The Bertz CT molecular complexity index is 1020. The highest BCUT2D eigenvalue weighted by molar-refractivity contribution is 5.95. The number of rotatable bonds is 9. The van der Waals surface area contributed by atoms with Gasteiger partial charge in [-0.1, -0.05) is 54.6 Å². The van der Waals surface area contributed by atoms with Gasteiger partial charge in [-0.2, -0.15) is 0 Å². The maximum Gasteiger partial charge on any atom is 0.317 e. The molecule has 3 rings (SSSR count). The largest absolute Gasteiger partial charge is 0.508 e. The van der Waals surface area contributed by atoms with Crippen molar-refractivity contribution in [2.24, 2.45) is 5.73 Å². The van der Waals surface area contributed by atoms with Gasteiger partial charge in [0.25, 0.3) is 0 Å². The van der Waals surface area contributed by atoms with Crippen molar-refractivity contribution in [3.05, 3.63) is 95.6 Å². The number of anilines is 1. The van der Waals surface area contributed by atoms with Crippen molar-refractivity contribution >= 4 is 17.6 Å². The van der Waals surface area contributed by atoms with E-state index in [1.165, 1.54) is 0 Å². The Morgan fingerprint density at radius 1 is 0.903 bits per heavy atom. The number of carboxylic acid groups (broad SMARTS) is 1. The predicted octanol–water partition coefficient (Wildman–Crippen LogP) is 2.66. The van der Waals surface area contributed by atoms with E-state index in [4.69, 9.17) is 10.8 Å². The molecule has 1 amide bonds. The molecule has 0 bridgehead atoms. The summed E-state index contributed by atoms with van der Waals surface area (Å²) in [6.07, 6.45) is 0.332. The fraction of sp³-hybridized carbons (Fsp3) is 0.167. The number of benzene rings is 3. The molecule has 0 aliphatic carbocycles. The van der Waals surface area contributed by atoms with Crippen molar-refractivity contribution in [1.29, 1.82) is 0 Å². The first kappa shape index (κ1) is 22.0. The Labute approximate surface area is 180 Å². The number of aromatic hydroxyl groups is 1. The first-order chi connectivity index (χ1) is 14.9. The van der Waals surface area contributed by atoms with Crippen LogP contribution in [0.1, 0.15) is 22.7 Å². The number of phenolic OH excluding ortho intramolecular Hbond substituents is 1. The van der Waals surface area contributed by atoms with Gasteiger partial charge >= 0.3 is 5.97 Å². The summed E-state index contributed by atoms with van der Waals surface area (Å²) in [6, 6.07) is 22.2. The van der Waals surface area contributed by atoms with Gasteiger partial charge in [0.15, 0.2) is 0 Å². The Morgan fingerprint density at radius 2 is 1.58 bits per heavy atom. The molecular formula is C24H25N3O4. The van der Waals surface area contributed by atoms with Gasteiger partial charge in [-0.3, -0.25) is 14.9 Å². The van der Waals surface area contributed by atoms with Crippen molar-refractivity contribution in [3.8, 4) is 5.75 Å². The number of hydrogen-bond donors (Lipinski definition) is 5. The lowest BCUT2D eigenvalue weighted by Gasteiger charge is -2.20. The number of nitrogens with one attached hydrogen (secondary N) is 2. The van der Waals surface area contributed by atoms with E-state index in [1.54, 1.807) is 42.5 Å². The van der Waals surface area contributed by atoms with Gasteiger partial charge in [-0.05, 0) is 47.4 Å². The van der Waals surface area contributed by atoms with Crippen LogP contribution in [-0.4, -0.2) is 34.7 Å². The second kappa shape index (κ2) is 10.4. The Kier molecular flexibility index (Phi) is 7.37. The summed E-state index contributed by atoms with van der Waals surface area (Å²) in [5, 5.41) is 24.3. The van der Waals surface area contributed by atoms with Crippen molar-refractivity contribution in [1.82, 2.24) is 5.32 Å². The maximum atomic E-state index is 12.6. The number of carbonyl (C=O) groups is 2. The van der Waals surface area contributed by atoms with Gasteiger partial charge in [0.1, 0.15) is 5.75 Å². The number of nitrogens with two attached hydrogens (primary N) is 1. The monoisotopic (exact) mass is 419 g/mol. The quantitative estimate of drug-likeness (QED) is 0.363. The van der Waals surface area contributed by atoms with Crippen LogP contribution >= 0.6 is 0 Å². The molecule has 0 fully saturated rings. The zero-order chi connectivity index (χ0) is 22.2. The molecule has 0 radical (unpaired) electrons. The number of hydrogen-bond acceptors (Lipinski definition) is 5. The summed E-state index contributed by atoms with van der Waals surface area (Å²) in [7, 11) is 0. The molecule has 3 aromatic rings. The van der Waals surface area contributed by atoms with E-state index in [1.807, 2.05) is 36.4 Å². The third-order valence-electron chi connectivity index (χ3n) is 4.81. The van der Waals surface area contributed by atoms with E-state index in [9.17, 15) is 14.7 Å². The number of carbonyl (C=O) groups excluding carboxylic acids is 1. The summed E-state index contributed by atoms with van der Waals surface area (Å²) >= 11 is 0. The summed E-state index contributed by atoms with van der Waals surface area (Å²) in [6.45, 7) is -0.201. The average Bonchev–Trinajstić information content (AvgIpc) is 2.76. The molecule has 0 aliphatic heterocycles. The van der Waals surface area contributed by atoms with E-state index in [2.05, 4.69) is 10.6 Å². The second-order valence-corrected chi connectivity index (χ2v) is 7.21. The SMILES string of the molecule is N[C@@H](Cc1ccc(O)cc1)C(=O)Nc1cccc(C(NCC(=O)O)c2ccccc2)c1. The van der Waals surface area contributed by atoms with Gasteiger partial charge in [-0.25, -0.2) is 0 Å². The fourth-order valence-corrected chi connectivity index (χ4v) is 3.27. The molecule has 0 heterocycles. The van der Waals surface area contributed by atoms with Gasteiger partial charge in [0.05, 0.1) is 18.6 Å². The van der Waals surface area contributed by atoms with Gasteiger partial charge in [0.2, 0.25) is 5.91 Å². The summed E-state index contributed by atoms with van der Waals surface area (Å²) in [4.78, 5) is 23.6. The average molecular weight is 419 g/mol. The predicted molar refractivity (Wildman–Crippen MR) is 119 cm³/mol. The van der Waals surface area contributed by atoms with Crippen LogP contribution in [-0.2, 0) is 16.0 Å². The lowest BCUT2D eigenvalue weighted by atomic mass is 9.98. The van der Waals surface area contributed by atoms with E-state index in [0.717, 1.165) is 16.7 Å². The molecule has 31 heavy (non-hydrogen) atoms. The number of carboxylic acids is 1. The lowest BCUT2D eigenvalue weighted by Crippen LogP contribution is -2.37. The normalized spacial score (nSPS) is 12.7. The van der Waals surface area contributed by atoms with Crippen molar-refractivity contribution in [2.75, 3.05) is 11.9 Å². The molecule has 7 heteroatoms. The van der Waals surface area contributed by atoms with E-state index < -0.39 is 12.0 Å². The van der Waals surface area contributed by atoms with Crippen molar-refractivity contribution in [2.45, 2.75) is 18.5 Å². The summed E-state index contributed by atoms with van der Waals surface area (Å²) in [5.74, 6) is -1.13. The standard InChI is InChI=1S/C24H25N3O4/c25-21(13-16-9-11-20(28)12-10-16)24(31)27-19-8-4-7-18(14-19)23(26-15-22(29)30)17-5-2-1-3-6-17/h1-12,14,21,23,26,28H,13,15,25H2,(H,27,31)(H,29,30)/t21-,23?/m0/s1. The molecule has 0 spiro atoms. The van der Waals surface area contributed by atoms with Gasteiger partial charge in [-0.15, -0.1) is 0 Å². The van der Waals surface area contributed by atoms with Gasteiger partial charge in [0, 0.05) is 5.69 Å². The van der Waals surface area contributed by atoms with Crippen LogP contribution < -0.4 is 16.4 Å². The van der Waals surface area contributed by atoms with Crippen LogP contribution in [0.15, 0.2) is 78.9 Å². The van der Waals surface area contributed by atoms with Crippen LogP contribution in [0.25, 0.3) is 0 Å². The first-order valence-corrected chi connectivity index (χ1v) is 9.87. The Hall–Kier alpha value is -3.68. The Balaban J connectivity index is 1.73. The van der Waals surface area contributed by atoms with Crippen LogP contribution in [0.3, 0.4) is 0 Å². The van der Waals surface area contributed by atoms with Crippen LogP contribution in [0.5, 0.6) is 5.75 Å². The van der Waals surface area contributed by atoms with Crippen molar-refractivity contribution in [3.63, 3.8) is 0 Å². The molecule has 160 valence electrons. The van der Waals surface area contributed by atoms with Crippen LogP contribution in [0.4, 0.5) is 5.69 Å². The summed E-state index contributed by atoms with van der Waals surface area (Å²) < 4.78 is 0. The highest BCUT2D eigenvalue weighted by Crippen LogP contribution is 2.24. The minimum atomic E-state index is -0.953. The van der Waals surface area contributed by atoms with Crippen LogP contribution in [0, 0.1) is 0 Å². The first-order valence-electron chi connectivity index (χ1n) is 9.87. The van der Waals surface area contributed by atoms with Crippen LogP contribution in [0.2, 0.25) is 0 Å². The zero-order valence-electron chi connectivity index (χ0n) is 16.9. The molecule has 0 aliphatic rings. The molecule has 0 saturated heterocycles. The molecule has 2 atom stereocenters. The lowest BCUT2D eigenvalue weighted by molar-refractivity contribution is -0.136. The molecule has 6 N–H and O–H groups in total.